The van der Waals surface area contributed by atoms with E-state index in [9.17, 15) is 14.4 Å². The molecule has 7 nitrogen and oxygen atoms in total. The van der Waals surface area contributed by atoms with E-state index >= 15 is 0 Å². The van der Waals surface area contributed by atoms with E-state index < -0.39 is 11.7 Å². The maximum absolute atomic E-state index is 11.8. The normalized spacial score (nSPS) is 18.3. The van der Waals surface area contributed by atoms with E-state index in [-0.39, 0.29) is 24.2 Å². The van der Waals surface area contributed by atoms with Crippen molar-refractivity contribution < 1.29 is 23.9 Å². The highest BCUT2D eigenvalue weighted by molar-refractivity contribution is 5.86. The van der Waals surface area contributed by atoms with Gasteiger partial charge in [0, 0.05) is 26.1 Å². The molecule has 7 heteroatoms. The summed E-state index contributed by atoms with van der Waals surface area (Å²) in [6, 6.07) is 0. The average molecular weight is 314 g/mol. The number of rotatable bonds is 6. The molecule has 0 aliphatic carbocycles. The van der Waals surface area contributed by atoms with Gasteiger partial charge in [-0.3, -0.25) is 9.59 Å². The summed E-state index contributed by atoms with van der Waals surface area (Å²) in [6.45, 7) is 6.93. The van der Waals surface area contributed by atoms with E-state index in [2.05, 4.69) is 10.1 Å². The summed E-state index contributed by atoms with van der Waals surface area (Å²) in [5, 5.41) is 2.67. The van der Waals surface area contributed by atoms with Crippen LogP contribution < -0.4 is 5.32 Å². The summed E-state index contributed by atoms with van der Waals surface area (Å²) < 4.78 is 9.78. The standard InChI is InChI=1S/C15H26N2O5/c1-15(2,3)22-14(20)16-7-5-6-8-17-10-11(9-12(17)18)13(19)21-4/h11H,5-10H2,1-4H3,(H,16,20). The highest BCUT2D eigenvalue weighted by Crippen LogP contribution is 2.19. The van der Waals surface area contributed by atoms with Gasteiger partial charge in [0.2, 0.25) is 5.91 Å². The monoisotopic (exact) mass is 314 g/mol. The van der Waals surface area contributed by atoms with Crippen molar-refractivity contribution in [2.45, 2.75) is 45.6 Å². The second kappa shape index (κ2) is 8.00. The second-order valence-corrected chi connectivity index (χ2v) is 6.40. The second-order valence-electron chi connectivity index (χ2n) is 6.40. The van der Waals surface area contributed by atoms with Gasteiger partial charge in [0.05, 0.1) is 13.0 Å². The maximum Gasteiger partial charge on any atom is 0.407 e. The van der Waals surface area contributed by atoms with Crippen molar-refractivity contribution in [2.75, 3.05) is 26.7 Å². The molecular weight excluding hydrogens is 288 g/mol. The minimum Gasteiger partial charge on any atom is -0.469 e. The van der Waals surface area contributed by atoms with Gasteiger partial charge in [-0.25, -0.2) is 4.79 Å². The number of amides is 2. The van der Waals surface area contributed by atoms with Crippen molar-refractivity contribution in [3.8, 4) is 0 Å². The van der Waals surface area contributed by atoms with Crippen molar-refractivity contribution in [1.29, 1.82) is 0 Å². The van der Waals surface area contributed by atoms with E-state index in [1.807, 2.05) is 20.8 Å². The smallest absolute Gasteiger partial charge is 0.407 e. The fourth-order valence-electron chi connectivity index (χ4n) is 2.25. The Morgan fingerprint density at radius 3 is 2.59 bits per heavy atom. The fraction of sp³-hybridized carbons (Fsp3) is 0.800. The van der Waals surface area contributed by atoms with Crippen LogP contribution >= 0.6 is 0 Å². The molecule has 126 valence electrons. The number of esters is 1. The summed E-state index contributed by atoms with van der Waals surface area (Å²) in [6.07, 6.45) is 1.29. The van der Waals surface area contributed by atoms with E-state index in [1.165, 1.54) is 7.11 Å². The zero-order valence-corrected chi connectivity index (χ0v) is 13.8. The number of nitrogens with one attached hydrogen (secondary N) is 1. The molecule has 1 N–H and O–H groups in total. The number of ether oxygens (including phenoxy) is 2. The van der Waals surface area contributed by atoms with E-state index in [0.717, 1.165) is 12.8 Å². The molecular formula is C15H26N2O5. The van der Waals surface area contributed by atoms with Gasteiger partial charge in [-0.2, -0.15) is 0 Å². The van der Waals surface area contributed by atoms with Crippen LogP contribution in [0.4, 0.5) is 4.79 Å². The third kappa shape index (κ3) is 6.32. The minimum atomic E-state index is -0.505. The summed E-state index contributed by atoms with van der Waals surface area (Å²) in [5.74, 6) is -0.699. The van der Waals surface area contributed by atoms with Gasteiger partial charge in [0.1, 0.15) is 5.60 Å². The van der Waals surface area contributed by atoms with E-state index in [1.54, 1.807) is 4.90 Å². The molecule has 1 aliphatic rings. The van der Waals surface area contributed by atoms with Gasteiger partial charge in [-0.1, -0.05) is 0 Å². The zero-order chi connectivity index (χ0) is 16.8. The summed E-state index contributed by atoms with van der Waals surface area (Å²) >= 11 is 0. The first-order chi connectivity index (χ1) is 10.2. The Hall–Kier alpha value is -1.79. The first-order valence-electron chi connectivity index (χ1n) is 7.55. The van der Waals surface area contributed by atoms with Crippen LogP contribution in [0.3, 0.4) is 0 Å². The Kier molecular flexibility index (Phi) is 6.64. The lowest BCUT2D eigenvalue weighted by Crippen LogP contribution is -2.33. The van der Waals surface area contributed by atoms with Crippen LogP contribution in [0.5, 0.6) is 0 Å². The number of carbonyl (C=O) groups is 3. The fourth-order valence-corrected chi connectivity index (χ4v) is 2.25. The number of hydrogen-bond acceptors (Lipinski definition) is 5. The summed E-state index contributed by atoms with van der Waals surface area (Å²) in [5.41, 5.74) is -0.505. The van der Waals surface area contributed by atoms with Crippen LogP contribution in [-0.4, -0.2) is 55.2 Å². The lowest BCUT2D eigenvalue weighted by molar-refractivity contribution is -0.145. The largest absolute Gasteiger partial charge is 0.469 e. The van der Waals surface area contributed by atoms with Crippen molar-refractivity contribution in [3.05, 3.63) is 0 Å². The van der Waals surface area contributed by atoms with Gasteiger partial charge >= 0.3 is 12.1 Å². The Bertz CT molecular complexity index is 417. The summed E-state index contributed by atoms with van der Waals surface area (Å²) in [7, 11) is 1.33. The van der Waals surface area contributed by atoms with Crippen molar-refractivity contribution >= 4 is 18.0 Å². The van der Waals surface area contributed by atoms with Crippen LogP contribution in [0.25, 0.3) is 0 Å². The lowest BCUT2D eigenvalue weighted by Gasteiger charge is -2.20. The number of likely N-dealkylation sites (tertiary alicyclic amines) is 1. The molecule has 0 aromatic heterocycles. The number of nitrogens with zero attached hydrogens (tertiary/aromatic N) is 1. The van der Waals surface area contributed by atoms with Crippen molar-refractivity contribution in [2.24, 2.45) is 5.92 Å². The molecule has 1 unspecified atom stereocenters. The Labute approximate surface area is 131 Å². The Morgan fingerprint density at radius 1 is 1.32 bits per heavy atom. The number of methoxy groups -OCH3 is 1. The SMILES string of the molecule is COC(=O)C1CC(=O)N(CCCCNC(=O)OC(C)(C)C)C1. The predicted molar refractivity (Wildman–Crippen MR) is 80.2 cm³/mol. The molecule has 1 rings (SSSR count). The van der Waals surface area contributed by atoms with Gasteiger partial charge in [0.15, 0.2) is 0 Å². The Balaban J connectivity index is 2.16. The van der Waals surface area contributed by atoms with Gasteiger partial charge < -0.3 is 19.7 Å². The predicted octanol–water partition coefficient (Wildman–Crippen LogP) is 1.31. The topological polar surface area (TPSA) is 84.9 Å². The molecule has 0 saturated carbocycles. The molecule has 1 heterocycles. The molecule has 0 spiro atoms. The molecule has 0 bridgehead atoms. The highest BCUT2D eigenvalue weighted by atomic mass is 16.6. The van der Waals surface area contributed by atoms with Crippen molar-refractivity contribution in [3.63, 3.8) is 0 Å². The molecule has 1 fully saturated rings. The highest BCUT2D eigenvalue weighted by Gasteiger charge is 2.34. The molecule has 0 aromatic carbocycles. The van der Waals surface area contributed by atoms with Crippen LogP contribution in [-0.2, 0) is 19.1 Å². The molecule has 1 atom stereocenters. The molecule has 1 aliphatic heterocycles. The quantitative estimate of drug-likeness (QED) is 0.590. The van der Waals surface area contributed by atoms with Crippen LogP contribution in [0.2, 0.25) is 0 Å². The molecule has 0 aromatic rings. The zero-order valence-electron chi connectivity index (χ0n) is 13.8. The number of unbranched alkanes of at least 4 members (excludes halogenated alkanes) is 1. The van der Waals surface area contributed by atoms with Crippen LogP contribution in [0, 0.1) is 5.92 Å². The maximum atomic E-state index is 11.8. The van der Waals surface area contributed by atoms with Crippen LogP contribution in [0.15, 0.2) is 0 Å². The number of carbonyl (C=O) groups excluding carboxylic acids is 3. The lowest BCUT2D eigenvalue weighted by atomic mass is 10.1. The average Bonchev–Trinajstić information content (AvgIpc) is 2.77. The van der Waals surface area contributed by atoms with Gasteiger partial charge in [-0.15, -0.1) is 0 Å². The third-order valence-corrected chi connectivity index (χ3v) is 3.27. The molecule has 2 amide bonds. The Morgan fingerprint density at radius 2 is 2.00 bits per heavy atom. The van der Waals surface area contributed by atoms with E-state index in [0.29, 0.717) is 19.6 Å². The number of hydrogen-bond donors (Lipinski definition) is 1. The molecule has 0 radical (unpaired) electrons. The first kappa shape index (κ1) is 18.3. The molecule has 1 saturated heterocycles. The number of alkyl carbamates (subject to hydrolysis) is 1. The third-order valence-electron chi connectivity index (χ3n) is 3.27. The van der Waals surface area contributed by atoms with Gasteiger partial charge in [-0.05, 0) is 33.6 Å². The minimum absolute atomic E-state index is 0.0181. The van der Waals surface area contributed by atoms with Crippen LogP contribution in [0.1, 0.15) is 40.0 Å². The molecule has 22 heavy (non-hydrogen) atoms. The first-order valence-corrected chi connectivity index (χ1v) is 7.55. The van der Waals surface area contributed by atoms with E-state index in [4.69, 9.17) is 4.74 Å². The summed E-state index contributed by atoms with van der Waals surface area (Å²) in [4.78, 5) is 36.3. The van der Waals surface area contributed by atoms with Crippen molar-refractivity contribution in [1.82, 2.24) is 10.2 Å². The van der Waals surface area contributed by atoms with Gasteiger partial charge in [0.25, 0.3) is 0 Å².